The summed E-state index contributed by atoms with van der Waals surface area (Å²) in [5.74, 6) is 1.96. The van der Waals surface area contributed by atoms with Crippen LogP contribution >= 0.6 is 36.6 Å². The number of imidazole rings is 1. The highest BCUT2D eigenvalue weighted by atomic mass is 35.5. The predicted molar refractivity (Wildman–Crippen MR) is 80.5 cm³/mol. The van der Waals surface area contributed by atoms with Crippen molar-refractivity contribution in [3.8, 4) is 0 Å². The second-order valence-corrected chi connectivity index (χ2v) is 4.51. The summed E-state index contributed by atoms with van der Waals surface area (Å²) in [4.78, 5) is 7.73. The molecule has 1 aromatic heterocycles. The van der Waals surface area contributed by atoms with Gasteiger partial charge in [-0.15, -0.1) is 24.8 Å². The monoisotopic (exact) mass is 293 g/mol. The molecule has 96 valence electrons. The molecule has 17 heavy (non-hydrogen) atoms. The van der Waals surface area contributed by atoms with Crippen molar-refractivity contribution < 1.29 is 0 Å². The predicted octanol–water partition coefficient (Wildman–Crippen LogP) is 3.16. The maximum Gasteiger partial charge on any atom is 0.124 e. The van der Waals surface area contributed by atoms with Crippen molar-refractivity contribution in [3.63, 3.8) is 0 Å². The molecule has 0 amide bonds. The van der Waals surface area contributed by atoms with Gasteiger partial charge in [0.1, 0.15) is 5.82 Å². The van der Waals surface area contributed by atoms with Gasteiger partial charge >= 0.3 is 0 Å². The zero-order valence-corrected chi connectivity index (χ0v) is 12.0. The number of fused-ring (bicyclic) bond motifs is 1. The quantitative estimate of drug-likeness (QED) is 0.910. The number of benzene rings is 1. The van der Waals surface area contributed by atoms with Crippen LogP contribution in [0.5, 0.6) is 0 Å². The number of nitrogens with two attached hydrogens (primary N) is 1. The summed E-state index contributed by atoms with van der Waals surface area (Å²) in [5, 5.41) is 0. The van der Waals surface area contributed by atoms with Crippen molar-refractivity contribution in [2.24, 2.45) is 5.73 Å². The largest absolute Gasteiger partial charge is 0.341 e. The number of hydrogen-bond donors (Lipinski definition) is 2. The Kier molecular flexibility index (Phi) is 7.63. The lowest BCUT2D eigenvalue weighted by Crippen LogP contribution is -2.12. The van der Waals surface area contributed by atoms with E-state index in [1.807, 2.05) is 36.0 Å². The van der Waals surface area contributed by atoms with E-state index in [1.165, 1.54) is 0 Å². The number of halogens is 2. The minimum absolute atomic E-state index is 0. The average molecular weight is 294 g/mol. The van der Waals surface area contributed by atoms with Crippen LogP contribution in [0.4, 0.5) is 0 Å². The van der Waals surface area contributed by atoms with Crippen LogP contribution in [0.1, 0.15) is 18.3 Å². The molecule has 0 fully saturated rings. The van der Waals surface area contributed by atoms with E-state index in [1.54, 1.807) is 0 Å². The topological polar surface area (TPSA) is 54.7 Å². The number of H-pyrrole nitrogens is 1. The van der Waals surface area contributed by atoms with Crippen molar-refractivity contribution in [2.75, 3.05) is 12.0 Å². The molecule has 3 N–H and O–H groups in total. The van der Waals surface area contributed by atoms with Gasteiger partial charge in [-0.1, -0.05) is 12.1 Å². The van der Waals surface area contributed by atoms with E-state index in [-0.39, 0.29) is 30.9 Å². The molecule has 1 heterocycles. The molecular formula is C11H17Cl2N3S. The summed E-state index contributed by atoms with van der Waals surface area (Å²) < 4.78 is 0. The maximum atomic E-state index is 6.04. The number of aromatic amines is 1. The summed E-state index contributed by atoms with van der Waals surface area (Å²) in [5.41, 5.74) is 8.09. The van der Waals surface area contributed by atoms with E-state index in [9.17, 15) is 0 Å². The highest BCUT2D eigenvalue weighted by Gasteiger charge is 2.10. The molecule has 0 radical (unpaired) electrons. The maximum absolute atomic E-state index is 6.04. The van der Waals surface area contributed by atoms with Crippen molar-refractivity contribution in [3.05, 3.63) is 30.1 Å². The molecule has 0 saturated carbocycles. The number of rotatable bonds is 4. The number of aromatic nitrogens is 2. The summed E-state index contributed by atoms with van der Waals surface area (Å²) in [7, 11) is 0. The number of nitrogens with one attached hydrogen (secondary N) is 1. The lowest BCUT2D eigenvalue weighted by atomic mass is 10.2. The lowest BCUT2D eigenvalue weighted by Gasteiger charge is -2.06. The van der Waals surface area contributed by atoms with Crippen LogP contribution in [0.15, 0.2) is 24.3 Å². The van der Waals surface area contributed by atoms with Gasteiger partial charge in [0.05, 0.1) is 17.1 Å². The molecule has 0 spiro atoms. The summed E-state index contributed by atoms with van der Waals surface area (Å²) >= 11 is 1.81. The van der Waals surface area contributed by atoms with Gasteiger partial charge in [0.25, 0.3) is 0 Å². The fourth-order valence-corrected chi connectivity index (χ4v) is 2.02. The molecule has 0 aliphatic carbocycles. The SMILES string of the molecule is CSCC[C@H](N)c1nc2ccccc2[nH]1.Cl.Cl. The Morgan fingerprint density at radius 2 is 2.06 bits per heavy atom. The van der Waals surface area contributed by atoms with Gasteiger partial charge in [-0.05, 0) is 30.6 Å². The summed E-state index contributed by atoms with van der Waals surface area (Å²) in [6, 6.07) is 8.02. The Labute approximate surface area is 118 Å². The van der Waals surface area contributed by atoms with Crippen molar-refractivity contribution in [1.29, 1.82) is 0 Å². The van der Waals surface area contributed by atoms with Crippen LogP contribution in [0.25, 0.3) is 11.0 Å². The van der Waals surface area contributed by atoms with Crippen LogP contribution < -0.4 is 5.73 Å². The minimum atomic E-state index is 0. The fraction of sp³-hybridized carbons (Fsp3) is 0.364. The van der Waals surface area contributed by atoms with Crippen molar-refractivity contribution >= 4 is 47.6 Å². The van der Waals surface area contributed by atoms with Gasteiger partial charge in [-0.3, -0.25) is 0 Å². The Morgan fingerprint density at radius 3 is 2.71 bits per heavy atom. The van der Waals surface area contributed by atoms with Gasteiger partial charge < -0.3 is 10.7 Å². The van der Waals surface area contributed by atoms with Gasteiger partial charge in [0, 0.05) is 0 Å². The molecule has 0 saturated heterocycles. The number of thioether (sulfide) groups is 1. The Morgan fingerprint density at radius 1 is 1.35 bits per heavy atom. The summed E-state index contributed by atoms with van der Waals surface area (Å²) in [6.07, 6.45) is 3.05. The fourth-order valence-electron chi connectivity index (χ4n) is 1.53. The van der Waals surface area contributed by atoms with Crippen LogP contribution in [0.2, 0.25) is 0 Å². The van der Waals surface area contributed by atoms with Crippen LogP contribution in [-0.2, 0) is 0 Å². The van der Waals surface area contributed by atoms with Gasteiger partial charge in [0.15, 0.2) is 0 Å². The molecular weight excluding hydrogens is 277 g/mol. The smallest absolute Gasteiger partial charge is 0.124 e. The average Bonchev–Trinajstić information content (AvgIpc) is 2.69. The number of hydrogen-bond acceptors (Lipinski definition) is 3. The zero-order valence-electron chi connectivity index (χ0n) is 9.55. The second kappa shape index (κ2) is 7.82. The Bertz CT molecular complexity index is 414. The van der Waals surface area contributed by atoms with Gasteiger partial charge in [-0.25, -0.2) is 4.98 Å². The number of para-hydroxylation sites is 2. The van der Waals surface area contributed by atoms with Crippen LogP contribution in [-0.4, -0.2) is 22.0 Å². The third-order valence-electron chi connectivity index (χ3n) is 2.39. The van der Waals surface area contributed by atoms with Crippen LogP contribution in [0, 0.1) is 0 Å². The van der Waals surface area contributed by atoms with E-state index in [4.69, 9.17) is 5.73 Å². The molecule has 2 rings (SSSR count). The van der Waals surface area contributed by atoms with E-state index in [0.717, 1.165) is 29.0 Å². The first-order valence-electron chi connectivity index (χ1n) is 5.00. The molecule has 1 atom stereocenters. The molecule has 6 heteroatoms. The van der Waals surface area contributed by atoms with Crippen molar-refractivity contribution in [1.82, 2.24) is 9.97 Å². The molecule has 0 aliphatic heterocycles. The first-order valence-corrected chi connectivity index (χ1v) is 6.40. The molecule has 3 nitrogen and oxygen atoms in total. The molecule has 1 aromatic carbocycles. The summed E-state index contributed by atoms with van der Waals surface area (Å²) in [6.45, 7) is 0. The van der Waals surface area contributed by atoms with Crippen molar-refractivity contribution in [2.45, 2.75) is 12.5 Å². The van der Waals surface area contributed by atoms with Gasteiger partial charge in [-0.2, -0.15) is 11.8 Å². The molecule has 2 aromatic rings. The highest BCUT2D eigenvalue weighted by Crippen LogP contribution is 2.17. The Hall–Kier alpha value is -0.420. The number of nitrogens with zero attached hydrogens (tertiary/aromatic N) is 1. The van der Waals surface area contributed by atoms with Crippen LogP contribution in [0.3, 0.4) is 0 Å². The van der Waals surface area contributed by atoms with E-state index < -0.39 is 0 Å². The van der Waals surface area contributed by atoms with Gasteiger partial charge in [0.2, 0.25) is 0 Å². The van der Waals surface area contributed by atoms with E-state index in [2.05, 4.69) is 16.2 Å². The first-order chi connectivity index (χ1) is 7.31. The highest BCUT2D eigenvalue weighted by molar-refractivity contribution is 7.98. The molecule has 0 bridgehead atoms. The third-order valence-corrected chi connectivity index (χ3v) is 3.04. The van der Waals surface area contributed by atoms with E-state index in [0.29, 0.717) is 0 Å². The second-order valence-electron chi connectivity index (χ2n) is 3.53. The Balaban J connectivity index is 0.00000128. The molecule has 0 aliphatic rings. The zero-order chi connectivity index (χ0) is 10.7. The third kappa shape index (κ3) is 4.07. The van der Waals surface area contributed by atoms with E-state index >= 15 is 0 Å². The standard InChI is InChI=1S/C11H15N3S.2ClH/c1-15-7-6-8(12)11-13-9-4-2-3-5-10(9)14-11;;/h2-5,8H,6-7,12H2,1H3,(H,13,14);2*1H/t8-;;/m0../s1. The lowest BCUT2D eigenvalue weighted by molar-refractivity contribution is 0.666. The normalized spacial score (nSPS) is 11.6. The minimum Gasteiger partial charge on any atom is -0.341 e. The first kappa shape index (κ1) is 16.6. The molecule has 0 unspecified atom stereocenters.